The monoisotopic (exact) mass is 242 g/mol. The van der Waals surface area contributed by atoms with E-state index in [1.165, 1.54) is 0 Å². The molecule has 0 fully saturated rings. The lowest BCUT2D eigenvalue weighted by Gasteiger charge is -2.21. The highest BCUT2D eigenvalue weighted by Crippen LogP contribution is 2.18. The van der Waals surface area contributed by atoms with Crippen LogP contribution in [0.4, 0.5) is 0 Å². The largest absolute Gasteiger partial charge is 0.328 e. The van der Waals surface area contributed by atoms with E-state index in [1.807, 2.05) is 39.1 Å². The van der Waals surface area contributed by atoms with Gasteiger partial charge in [0.15, 0.2) is 0 Å². The van der Waals surface area contributed by atoms with E-state index < -0.39 is 5.54 Å². The second kappa shape index (κ2) is 4.79. The van der Waals surface area contributed by atoms with Crippen LogP contribution in [0.15, 0.2) is 24.3 Å². The number of imidazole rings is 1. The maximum Gasteiger partial charge on any atom is 0.106 e. The molecule has 4 heteroatoms. The number of rotatable bonds is 4. The average molecular weight is 242 g/mol. The standard InChI is InChI=1S/C14H18N4/c1-11-17-12-6-4-5-7-13(12)18(11)9-8-14(2,10-15)16-3/h4-7,16H,8-9H2,1-3H3. The third-order valence-corrected chi connectivity index (χ3v) is 3.48. The molecule has 0 aliphatic rings. The van der Waals surface area contributed by atoms with Gasteiger partial charge in [-0.15, -0.1) is 0 Å². The zero-order valence-electron chi connectivity index (χ0n) is 11.1. The molecule has 94 valence electrons. The highest BCUT2D eigenvalue weighted by Gasteiger charge is 2.21. The topological polar surface area (TPSA) is 53.6 Å². The molecule has 1 atom stereocenters. The van der Waals surface area contributed by atoms with Crippen molar-refractivity contribution in [1.82, 2.24) is 14.9 Å². The van der Waals surface area contributed by atoms with Crippen molar-refractivity contribution in [2.24, 2.45) is 0 Å². The summed E-state index contributed by atoms with van der Waals surface area (Å²) in [5, 5.41) is 12.2. The zero-order valence-corrected chi connectivity index (χ0v) is 11.1. The fraction of sp³-hybridized carbons (Fsp3) is 0.429. The van der Waals surface area contributed by atoms with Crippen molar-refractivity contribution in [1.29, 1.82) is 5.26 Å². The Hall–Kier alpha value is -1.86. The minimum absolute atomic E-state index is 0.488. The maximum absolute atomic E-state index is 9.16. The van der Waals surface area contributed by atoms with Crippen LogP contribution in [0, 0.1) is 18.3 Å². The van der Waals surface area contributed by atoms with Gasteiger partial charge in [0.25, 0.3) is 0 Å². The Morgan fingerprint density at radius 2 is 2.17 bits per heavy atom. The van der Waals surface area contributed by atoms with Gasteiger partial charge in [-0.3, -0.25) is 0 Å². The van der Waals surface area contributed by atoms with E-state index in [2.05, 4.69) is 27.0 Å². The van der Waals surface area contributed by atoms with E-state index in [1.54, 1.807) is 0 Å². The van der Waals surface area contributed by atoms with Gasteiger partial charge in [0.1, 0.15) is 11.4 Å². The molecule has 2 aromatic rings. The molecule has 0 amide bonds. The third kappa shape index (κ3) is 2.22. The number of hydrogen-bond donors (Lipinski definition) is 1. The van der Waals surface area contributed by atoms with E-state index in [0.29, 0.717) is 0 Å². The molecule has 18 heavy (non-hydrogen) atoms. The SMILES string of the molecule is CNC(C)(C#N)CCn1c(C)nc2ccccc21. The van der Waals surface area contributed by atoms with Crippen molar-refractivity contribution in [3.8, 4) is 6.07 Å². The normalized spacial score (nSPS) is 14.3. The molecule has 0 bridgehead atoms. The van der Waals surface area contributed by atoms with Crippen LogP contribution in [0.5, 0.6) is 0 Å². The first kappa shape index (κ1) is 12.6. The lowest BCUT2D eigenvalue weighted by Crippen LogP contribution is -2.39. The summed E-state index contributed by atoms with van der Waals surface area (Å²) in [6.45, 7) is 4.71. The first-order chi connectivity index (χ1) is 8.59. The molecule has 1 N–H and O–H groups in total. The first-order valence-corrected chi connectivity index (χ1v) is 6.12. The Bertz CT molecular complexity index is 593. The minimum atomic E-state index is -0.488. The molecule has 1 aromatic heterocycles. The molecule has 0 aliphatic carbocycles. The molecule has 0 spiro atoms. The minimum Gasteiger partial charge on any atom is -0.328 e. The number of nitriles is 1. The Balaban J connectivity index is 2.28. The summed E-state index contributed by atoms with van der Waals surface area (Å²) in [6.07, 6.45) is 0.751. The number of para-hydroxylation sites is 2. The Morgan fingerprint density at radius 1 is 1.44 bits per heavy atom. The predicted molar refractivity (Wildman–Crippen MR) is 72.2 cm³/mol. The fourth-order valence-corrected chi connectivity index (χ4v) is 2.05. The van der Waals surface area contributed by atoms with E-state index >= 15 is 0 Å². The fourth-order valence-electron chi connectivity index (χ4n) is 2.05. The number of aryl methyl sites for hydroxylation is 2. The summed E-state index contributed by atoms with van der Waals surface area (Å²) in [4.78, 5) is 4.53. The van der Waals surface area contributed by atoms with Gasteiger partial charge >= 0.3 is 0 Å². The van der Waals surface area contributed by atoms with Crippen LogP contribution in [0.1, 0.15) is 19.2 Å². The van der Waals surface area contributed by atoms with Gasteiger partial charge in [-0.1, -0.05) is 12.1 Å². The van der Waals surface area contributed by atoms with Crippen molar-refractivity contribution < 1.29 is 0 Å². The number of fused-ring (bicyclic) bond motifs is 1. The van der Waals surface area contributed by atoms with E-state index in [9.17, 15) is 0 Å². The van der Waals surface area contributed by atoms with Crippen LogP contribution in [0.25, 0.3) is 11.0 Å². The van der Waals surface area contributed by atoms with Crippen LogP contribution >= 0.6 is 0 Å². The quantitative estimate of drug-likeness (QED) is 0.894. The number of benzene rings is 1. The summed E-state index contributed by atoms with van der Waals surface area (Å²) in [7, 11) is 1.82. The molecule has 0 saturated heterocycles. The van der Waals surface area contributed by atoms with Gasteiger partial charge in [0.2, 0.25) is 0 Å². The van der Waals surface area contributed by atoms with Gasteiger partial charge in [-0.05, 0) is 39.4 Å². The summed E-state index contributed by atoms with van der Waals surface area (Å²) in [5.41, 5.74) is 1.65. The molecule has 1 heterocycles. The predicted octanol–water partition coefficient (Wildman–Crippen LogP) is 2.24. The molecule has 1 aromatic carbocycles. The molecule has 0 aliphatic heterocycles. The van der Waals surface area contributed by atoms with Crippen LogP contribution in [-0.4, -0.2) is 22.1 Å². The highest BCUT2D eigenvalue weighted by molar-refractivity contribution is 5.75. The molecule has 2 rings (SSSR count). The van der Waals surface area contributed by atoms with Crippen molar-refractivity contribution in [2.45, 2.75) is 32.4 Å². The number of aromatic nitrogens is 2. The van der Waals surface area contributed by atoms with Gasteiger partial charge in [0, 0.05) is 6.54 Å². The van der Waals surface area contributed by atoms with E-state index in [-0.39, 0.29) is 0 Å². The summed E-state index contributed by atoms with van der Waals surface area (Å²) in [6, 6.07) is 10.4. The second-order valence-corrected chi connectivity index (χ2v) is 4.74. The Kier molecular flexibility index (Phi) is 3.35. The van der Waals surface area contributed by atoms with Crippen LogP contribution < -0.4 is 5.32 Å². The second-order valence-electron chi connectivity index (χ2n) is 4.74. The van der Waals surface area contributed by atoms with Crippen LogP contribution in [0.3, 0.4) is 0 Å². The molecule has 0 saturated carbocycles. The number of nitrogens with zero attached hydrogens (tertiary/aromatic N) is 3. The smallest absolute Gasteiger partial charge is 0.106 e. The number of hydrogen-bond acceptors (Lipinski definition) is 3. The Morgan fingerprint density at radius 3 is 2.83 bits per heavy atom. The van der Waals surface area contributed by atoms with Crippen LogP contribution in [0.2, 0.25) is 0 Å². The van der Waals surface area contributed by atoms with Crippen molar-refractivity contribution in [2.75, 3.05) is 7.05 Å². The van der Waals surface area contributed by atoms with Crippen molar-refractivity contribution in [3.05, 3.63) is 30.1 Å². The lowest BCUT2D eigenvalue weighted by atomic mass is 10.0. The van der Waals surface area contributed by atoms with E-state index in [4.69, 9.17) is 5.26 Å². The van der Waals surface area contributed by atoms with E-state index in [0.717, 1.165) is 29.8 Å². The maximum atomic E-state index is 9.16. The first-order valence-electron chi connectivity index (χ1n) is 6.12. The van der Waals surface area contributed by atoms with Crippen molar-refractivity contribution >= 4 is 11.0 Å². The zero-order chi connectivity index (χ0) is 13.2. The third-order valence-electron chi connectivity index (χ3n) is 3.48. The summed E-state index contributed by atoms with van der Waals surface area (Å²) < 4.78 is 2.17. The summed E-state index contributed by atoms with van der Waals surface area (Å²) in [5.74, 6) is 0.993. The van der Waals surface area contributed by atoms with Crippen LogP contribution in [-0.2, 0) is 6.54 Å². The molecular formula is C14H18N4. The highest BCUT2D eigenvalue weighted by atomic mass is 15.1. The van der Waals surface area contributed by atoms with Gasteiger partial charge in [-0.25, -0.2) is 4.98 Å². The molecular weight excluding hydrogens is 224 g/mol. The summed E-state index contributed by atoms with van der Waals surface area (Å²) >= 11 is 0. The van der Waals surface area contributed by atoms with Crippen molar-refractivity contribution in [3.63, 3.8) is 0 Å². The molecule has 0 radical (unpaired) electrons. The number of nitrogens with one attached hydrogen (secondary N) is 1. The molecule has 1 unspecified atom stereocenters. The van der Waals surface area contributed by atoms with Gasteiger partial charge < -0.3 is 9.88 Å². The Labute approximate surface area is 107 Å². The lowest BCUT2D eigenvalue weighted by molar-refractivity contribution is 0.422. The van der Waals surface area contributed by atoms with Gasteiger partial charge in [-0.2, -0.15) is 5.26 Å². The molecule has 4 nitrogen and oxygen atoms in total. The average Bonchev–Trinajstić information content (AvgIpc) is 2.72. The van der Waals surface area contributed by atoms with Gasteiger partial charge in [0.05, 0.1) is 17.1 Å².